The second-order valence-electron chi connectivity index (χ2n) is 3.56. The number of rotatable bonds is 4. The summed E-state index contributed by atoms with van der Waals surface area (Å²) in [6, 6.07) is 0.636. The van der Waals surface area contributed by atoms with Crippen molar-refractivity contribution in [1.82, 2.24) is 15.5 Å². The summed E-state index contributed by atoms with van der Waals surface area (Å²) in [6.07, 6.45) is 1.22. The molecule has 0 spiro atoms. The largest absolute Gasteiger partial charge is 0.355 e. The molecule has 0 aromatic rings. The van der Waals surface area contributed by atoms with Gasteiger partial charge in [0.15, 0.2) is 0 Å². The summed E-state index contributed by atoms with van der Waals surface area (Å²) >= 11 is 0. The van der Waals surface area contributed by atoms with Gasteiger partial charge in [0.1, 0.15) is 0 Å². The third kappa shape index (κ3) is 3.74. The first-order valence-electron chi connectivity index (χ1n) is 4.86. The minimum atomic E-state index is 0.0596. The van der Waals surface area contributed by atoms with E-state index in [2.05, 4.69) is 15.5 Å². The number of nitrogens with zero attached hydrogens (tertiary/aromatic N) is 1. The van der Waals surface area contributed by atoms with E-state index in [1.54, 1.807) is 6.92 Å². The maximum atomic E-state index is 10.6. The Morgan fingerprint density at radius 2 is 2.38 bits per heavy atom. The van der Waals surface area contributed by atoms with Gasteiger partial charge in [-0.1, -0.05) is 0 Å². The normalized spacial score (nSPS) is 23.4. The lowest BCUT2D eigenvalue weighted by atomic mass is 10.3. The Kier molecular flexibility index (Phi) is 4.18. The summed E-state index contributed by atoms with van der Waals surface area (Å²) in [5.74, 6) is 0.0596. The number of hydrogen-bond donors (Lipinski definition) is 2. The predicted molar refractivity (Wildman–Crippen MR) is 52.6 cm³/mol. The zero-order valence-electron chi connectivity index (χ0n) is 8.47. The van der Waals surface area contributed by atoms with Gasteiger partial charge in [0.05, 0.1) is 0 Å². The second kappa shape index (κ2) is 5.19. The van der Waals surface area contributed by atoms with E-state index < -0.39 is 0 Å². The highest BCUT2D eigenvalue weighted by atomic mass is 16.1. The van der Waals surface area contributed by atoms with Gasteiger partial charge in [-0.15, -0.1) is 0 Å². The third-order valence-electron chi connectivity index (χ3n) is 2.48. The molecule has 1 rings (SSSR count). The fourth-order valence-corrected chi connectivity index (χ4v) is 1.66. The number of carbonyl (C=O) groups is 1. The number of carbonyl (C=O) groups excluding carboxylic acids is 1. The first kappa shape index (κ1) is 10.5. The van der Waals surface area contributed by atoms with Crippen LogP contribution in [-0.2, 0) is 4.79 Å². The maximum absolute atomic E-state index is 10.6. The molecule has 4 nitrogen and oxygen atoms in total. The Labute approximate surface area is 79.7 Å². The molecule has 76 valence electrons. The van der Waals surface area contributed by atoms with Gasteiger partial charge in [0.25, 0.3) is 0 Å². The average Bonchev–Trinajstić information content (AvgIpc) is 2.52. The van der Waals surface area contributed by atoms with Gasteiger partial charge < -0.3 is 10.6 Å². The molecule has 1 aliphatic heterocycles. The molecule has 13 heavy (non-hydrogen) atoms. The molecule has 2 N–H and O–H groups in total. The van der Waals surface area contributed by atoms with Crippen LogP contribution in [0.4, 0.5) is 0 Å². The van der Waals surface area contributed by atoms with Gasteiger partial charge in [-0.3, -0.25) is 9.69 Å². The molecule has 1 fully saturated rings. The molecule has 0 radical (unpaired) electrons. The lowest BCUT2D eigenvalue weighted by molar-refractivity contribution is -0.119. The monoisotopic (exact) mass is 185 g/mol. The molecule has 4 heteroatoms. The number of likely N-dealkylation sites (N-methyl/N-ethyl adjacent to an activating group) is 1. The van der Waals surface area contributed by atoms with Gasteiger partial charge in [0.2, 0.25) is 5.91 Å². The van der Waals surface area contributed by atoms with Crippen LogP contribution < -0.4 is 10.6 Å². The first-order chi connectivity index (χ1) is 6.22. The van der Waals surface area contributed by atoms with Crippen molar-refractivity contribution < 1.29 is 4.79 Å². The van der Waals surface area contributed by atoms with Crippen LogP contribution in [0.2, 0.25) is 0 Å². The molecular formula is C9H19N3O. The standard InChI is InChI=1S/C9H19N3O/c1-8(13)11-4-6-12-5-3-9(7-12)10-2/h9-10H,3-7H2,1-2H3,(H,11,13). The van der Waals surface area contributed by atoms with Crippen LogP contribution in [0.1, 0.15) is 13.3 Å². The fourth-order valence-electron chi connectivity index (χ4n) is 1.66. The highest BCUT2D eigenvalue weighted by Gasteiger charge is 2.19. The van der Waals surface area contributed by atoms with Crippen molar-refractivity contribution in [3.8, 4) is 0 Å². The molecule has 1 saturated heterocycles. The molecule has 1 atom stereocenters. The quantitative estimate of drug-likeness (QED) is 0.615. The molecule has 0 bridgehead atoms. The van der Waals surface area contributed by atoms with Crippen molar-refractivity contribution in [2.45, 2.75) is 19.4 Å². The second-order valence-corrected chi connectivity index (χ2v) is 3.56. The van der Waals surface area contributed by atoms with Crippen molar-refractivity contribution in [3.63, 3.8) is 0 Å². The summed E-state index contributed by atoms with van der Waals surface area (Å²) in [5, 5.41) is 6.07. The average molecular weight is 185 g/mol. The van der Waals surface area contributed by atoms with E-state index in [1.807, 2.05) is 7.05 Å². The van der Waals surface area contributed by atoms with Crippen molar-refractivity contribution in [2.24, 2.45) is 0 Å². The predicted octanol–water partition coefficient (Wildman–Crippen LogP) is -0.584. The van der Waals surface area contributed by atoms with Crippen molar-refractivity contribution in [2.75, 3.05) is 33.2 Å². The number of hydrogen-bond acceptors (Lipinski definition) is 3. The number of nitrogens with one attached hydrogen (secondary N) is 2. The van der Waals surface area contributed by atoms with E-state index in [9.17, 15) is 4.79 Å². The van der Waals surface area contributed by atoms with Crippen LogP contribution in [0.15, 0.2) is 0 Å². The van der Waals surface area contributed by atoms with Crippen LogP contribution in [0, 0.1) is 0 Å². The van der Waals surface area contributed by atoms with Gasteiger partial charge in [-0.25, -0.2) is 0 Å². The Bertz CT molecular complexity index is 172. The fraction of sp³-hybridized carbons (Fsp3) is 0.889. The first-order valence-corrected chi connectivity index (χ1v) is 4.86. The number of amides is 1. The van der Waals surface area contributed by atoms with Crippen molar-refractivity contribution in [3.05, 3.63) is 0 Å². The van der Waals surface area contributed by atoms with E-state index in [0.29, 0.717) is 6.04 Å². The minimum Gasteiger partial charge on any atom is -0.355 e. The Balaban J connectivity index is 2.07. The lowest BCUT2D eigenvalue weighted by Gasteiger charge is -2.15. The van der Waals surface area contributed by atoms with Gasteiger partial charge in [-0.2, -0.15) is 0 Å². The SMILES string of the molecule is CNC1CCN(CCNC(C)=O)C1. The number of likely N-dealkylation sites (tertiary alicyclic amines) is 1. The molecule has 1 aliphatic rings. The Hall–Kier alpha value is -0.610. The summed E-state index contributed by atoms with van der Waals surface area (Å²) in [6.45, 7) is 5.55. The Morgan fingerprint density at radius 3 is 2.92 bits per heavy atom. The van der Waals surface area contributed by atoms with Crippen LogP contribution in [0.25, 0.3) is 0 Å². The summed E-state index contributed by atoms with van der Waals surface area (Å²) < 4.78 is 0. The molecule has 1 unspecified atom stereocenters. The molecule has 0 aromatic carbocycles. The highest BCUT2D eigenvalue weighted by molar-refractivity contribution is 5.72. The van der Waals surface area contributed by atoms with Crippen molar-refractivity contribution in [1.29, 1.82) is 0 Å². The van der Waals surface area contributed by atoms with Crippen molar-refractivity contribution >= 4 is 5.91 Å². The van der Waals surface area contributed by atoms with E-state index in [-0.39, 0.29) is 5.91 Å². The van der Waals surface area contributed by atoms with E-state index >= 15 is 0 Å². The van der Waals surface area contributed by atoms with E-state index in [4.69, 9.17) is 0 Å². The minimum absolute atomic E-state index is 0.0596. The van der Waals surface area contributed by atoms with E-state index in [0.717, 1.165) is 26.2 Å². The zero-order chi connectivity index (χ0) is 9.68. The van der Waals surface area contributed by atoms with E-state index in [1.165, 1.54) is 6.42 Å². The zero-order valence-corrected chi connectivity index (χ0v) is 8.47. The summed E-state index contributed by atoms with van der Waals surface area (Å²) in [7, 11) is 2.00. The molecular weight excluding hydrogens is 166 g/mol. The van der Waals surface area contributed by atoms with Crippen LogP contribution in [0.3, 0.4) is 0 Å². The van der Waals surface area contributed by atoms with Crippen LogP contribution >= 0.6 is 0 Å². The molecule has 1 amide bonds. The smallest absolute Gasteiger partial charge is 0.216 e. The molecule has 0 aliphatic carbocycles. The topological polar surface area (TPSA) is 44.4 Å². The van der Waals surface area contributed by atoms with Crippen LogP contribution in [0.5, 0.6) is 0 Å². The van der Waals surface area contributed by atoms with Gasteiger partial charge in [0, 0.05) is 32.6 Å². The molecule has 0 saturated carbocycles. The molecule has 0 aromatic heterocycles. The summed E-state index contributed by atoms with van der Waals surface area (Å²) in [4.78, 5) is 13.0. The molecule has 1 heterocycles. The third-order valence-corrected chi connectivity index (χ3v) is 2.48. The lowest BCUT2D eigenvalue weighted by Crippen LogP contribution is -2.35. The maximum Gasteiger partial charge on any atom is 0.216 e. The summed E-state index contributed by atoms with van der Waals surface area (Å²) in [5.41, 5.74) is 0. The van der Waals surface area contributed by atoms with Crippen LogP contribution in [-0.4, -0.2) is 50.1 Å². The Morgan fingerprint density at radius 1 is 1.62 bits per heavy atom. The van der Waals surface area contributed by atoms with Gasteiger partial charge >= 0.3 is 0 Å². The van der Waals surface area contributed by atoms with Gasteiger partial charge in [-0.05, 0) is 20.0 Å². The highest BCUT2D eigenvalue weighted by Crippen LogP contribution is 2.06.